The summed E-state index contributed by atoms with van der Waals surface area (Å²) in [6, 6.07) is 11.3. The van der Waals surface area contributed by atoms with Crippen molar-refractivity contribution in [3.05, 3.63) is 53.6 Å². The molecule has 1 aliphatic carbocycles. The Morgan fingerprint density at radius 1 is 1.28 bits per heavy atom. The standard InChI is InChI=1S/C28H29FN4O3/c1-28(2,10-11-30)26-25(16-4-6-17(7-5-16)27(34)35)20-14-22-18(15-31-32-22)12-23(20)33(26)19-8-9-21(29)24(13-19)36-3/h8-9,12-17H,4-7,10H2,1-3H3,(H,31,32)(H,34,35)/t16-,17-. The van der Waals surface area contributed by atoms with E-state index in [-0.39, 0.29) is 17.6 Å². The Hall–Kier alpha value is -3.86. The van der Waals surface area contributed by atoms with Crippen molar-refractivity contribution >= 4 is 27.8 Å². The number of H-pyrrole nitrogens is 1. The first kappa shape index (κ1) is 23.9. The lowest BCUT2D eigenvalue weighted by Gasteiger charge is -2.32. The van der Waals surface area contributed by atoms with Crippen LogP contribution in [-0.4, -0.2) is 33.0 Å². The third kappa shape index (κ3) is 3.89. The molecule has 0 radical (unpaired) electrons. The van der Waals surface area contributed by atoms with Crippen LogP contribution in [0, 0.1) is 23.1 Å². The molecule has 36 heavy (non-hydrogen) atoms. The number of methoxy groups -OCH3 is 1. The van der Waals surface area contributed by atoms with Crippen molar-refractivity contribution < 1.29 is 19.0 Å². The van der Waals surface area contributed by atoms with Gasteiger partial charge in [-0.25, -0.2) is 4.39 Å². The highest BCUT2D eigenvalue weighted by Gasteiger charge is 2.37. The summed E-state index contributed by atoms with van der Waals surface area (Å²) >= 11 is 0. The molecule has 8 heteroatoms. The van der Waals surface area contributed by atoms with Gasteiger partial charge in [0.2, 0.25) is 0 Å². The minimum Gasteiger partial charge on any atom is -0.494 e. The van der Waals surface area contributed by atoms with E-state index in [2.05, 4.69) is 46.8 Å². The number of carbonyl (C=O) groups is 1. The molecule has 1 saturated carbocycles. The summed E-state index contributed by atoms with van der Waals surface area (Å²) in [7, 11) is 1.44. The number of nitriles is 1. The zero-order valence-corrected chi connectivity index (χ0v) is 20.6. The summed E-state index contributed by atoms with van der Waals surface area (Å²) in [6.07, 6.45) is 4.79. The van der Waals surface area contributed by atoms with E-state index < -0.39 is 17.2 Å². The lowest BCUT2D eigenvalue weighted by molar-refractivity contribution is -0.142. The maximum absolute atomic E-state index is 14.4. The number of rotatable bonds is 6. The van der Waals surface area contributed by atoms with Gasteiger partial charge in [0, 0.05) is 40.1 Å². The van der Waals surface area contributed by atoms with E-state index in [9.17, 15) is 19.6 Å². The Balaban J connectivity index is 1.84. The van der Waals surface area contributed by atoms with E-state index in [0.29, 0.717) is 19.3 Å². The molecule has 4 aromatic rings. The number of nitrogens with one attached hydrogen (secondary N) is 1. The number of fused-ring (bicyclic) bond motifs is 2. The number of hydrogen-bond donors (Lipinski definition) is 2. The topological polar surface area (TPSA) is 104 Å². The van der Waals surface area contributed by atoms with Gasteiger partial charge >= 0.3 is 5.97 Å². The highest BCUT2D eigenvalue weighted by atomic mass is 19.1. The summed E-state index contributed by atoms with van der Waals surface area (Å²) in [5, 5.41) is 28.5. The number of halogens is 1. The van der Waals surface area contributed by atoms with E-state index in [1.54, 1.807) is 18.3 Å². The average molecular weight is 489 g/mol. The highest BCUT2D eigenvalue weighted by Crippen LogP contribution is 2.47. The van der Waals surface area contributed by atoms with Crippen LogP contribution in [-0.2, 0) is 10.2 Å². The molecule has 0 unspecified atom stereocenters. The first-order chi connectivity index (χ1) is 17.2. The fourth-order valence-corrected chi connectivity index (χ4v) is 5.80. The molecule has 1 fully saturated rings. The summed E-state index contributed by atoms with van der Waals surface area (Å²) in [5.74, 6) is -1.23. The molecule has 1 aliphatic rings. The summed E-state index contributed by atoms with van der Waals surface area (Å²) < 4.78 is 21.8. The summed E-state index contributed by atoms with van der Waals surface area (Å²) in [6.45, 7) is 4.11. The van der Waals surface area contributed by atoms with E-state index in [1.165, 1.54) is 13.2 Å². The van der Waals surface area contributed by atoms with E-state index in [0.717, 1.165) is 51.6 Å². The van der Waals surface area contributed by atoms with Crippen LogP contribution in [0.4, 0.5) is 4.39 Å². The fourth-order valence-electron chi connectivity index (χ4n) is 5.80. The van der Waals surface area contributed by atoms with Crippen LogP contribution >= 0.6 is 0 Å². The second kappa shape index (κ2) is 8.98. The number of hydrogen-bond acceptors (Lipinski definition) is 4. The normalized spacial score (nSPS) is 18.4. The zero-order chi connectivity index (χ0) is 25.6. The Bertz CT molecular complexity index is 1500. The van der Waals surface area contributed by atoms with Gasteiger partial charge in [-0.1, -0.05) is 13.8 Å². The van der Waals surface area contributed by atoms with Gasteiger partial charge in [-0.2, -0.15) is 10.4 Å². The minimum absolute atomic E-state index is 0.139. The third-order valence-corrected chi connectivity index (χ3v) is 7.61. The van der Waals surface area contributed by atoms with Crippen LogP contribution in [0.1, 0.15) is 63.1 Å². The number of ether oxygens (including phenoxy) is 1. The van der Waals surface area contributed by atoms with Crippen LogP contribution in [0.2, 0.25) is 0 Å². The quantitative estimate of drug-likeness (QED) is 0.336. The summed E-state index contributed by atoms with van der Waals surface area (Å²) in [4.78, 5) is 11.6. The molecule has 0 spiro atoms. The van der Waals surface area contributed by atoms with Gasteiger partial charge < -0.3 is 14.4 Å². The SMILES string of the molecule is COc1cc(-n2c(C(C)(C)CC#N)c([C@H]3CC[C@H](C(=O)O)CC3)c3cc4[nH]ncc4cc32)ccc1F. The van der Waals surface area contributed by atoms with Crippen molar-refractivity contribution in [2.24, 2.45) is 5.92 Å². The second-order valence-electron chi connectivity index (χ2n) is 10.3. The zero-order valence-electron chi connectivity index (χ0n) is 20.6. The van der Waals surface area contributed by atoms with Gasteiger partial charge in [0.25, 0.3) is 0 Å². The molecule has 5 rings (SSSR count). The maximum Gasteiger partial charge on any atom is 0.306 e. The average Bonchev–Trinajstić information content (AvgIpc) is 3.45. The molecular formula is C28H29FN4O3. The number of aromatic amines is 1. The predicted octanol–water partition coefficient (Wildman–Crippen LogP) is 6.20. The molecule has 2 heterocycles. The lowest BCUT2D eigenvalue weighted by atomic mass is 9.74. The van der Waals surface area contributed by atoms with Gasteiger partial charge in [-0.15, -0.1) is 0 Å². The maximum atomic E-state index is 14.4. The Kier molecular flexibility index (Phi) is 5.95. The van der Waals surface area contributed by atoms with Crippen molar-refractivity contribution in [2.45, 2.75) is 57.3 Å². The van der Waals surface area contributed by atoms with Gasteiger partial charge in [0.15, 0.2) is 11.6 Å². The molecule has 0 saturated heterocycles. The van der Waals surface area contributed by atoms with Crippen molar-refractivity contribution in [3.8, 4) is 17.5 Å². The number of carboxylic acid groups (broad SMARTS) is 1. The first-order valence-corrected chi connectivity index (χ1v) is 12.2. The molecule has 0 aliphatic heterocycles. The van der Waals surface area contributed by atoms with E-state index in [1.807, 2.05) is 0 Å². The number of nitrogens with zero attached hydrogens (tertiary/aromatic N) is 3. The molecule has 2 N–H and O–H groups in total. The van der Waals surface area contributed by atoms with Crippen LogP contribution in [0.5, 0.6) is 5.75 Å². The Morgan fingerprint density at radius 2 is 2.03 bits per heavy atom. The van der Waals surface area contributed by atoms with Gasteiger partial charge in [0.05, 0.1) is 36.3 Å². The molecule has 7 nitrogen and oxygen atoms in total. The van der Waals surface area contributed by atoms with Crippen LogP contribution < -0.4 is 4.74 Å². The number of carboxylic acids is 1. The Morgan fingerprint density at radius 3 is 2.69 bits per heavy atom. The number of aliphatic carboxylic acids is 1. The lowest BCUT2D eigenvalue weighted by Crippen LogP contribution is -2.25. The predicted molar refractivity (Wildman–Crippen MR) is 135 cm³/mol. The van der Waals surface area contributed by atoms with Gasteiger partial charge in [-0.3, -0.25) is 9.89 Å². The monoisotopic (exact) mass is 488 g/mol. The number of benzene rings is 2. The third-order valence-electron chi connectivity index (χ3n) is 7.61. The van der Waals surface area contributed by atoms with Crippen LogP contribution in [0.3, 0.4) is 0 Å². The first-order valence-electron chi connectivity index (χ1n) is 12.2. The van der Waals surface area contributed by atoms with Gasteiger partial charge in [0.1, 0.15) is 0 Å². The molecule has 2 aromatic carbocycles. The van der Waals surface area contributed by atoms with Crippen LogP contribution in [0.15, 0.2) is 36.5 Å². The largest absolute Gasteiger partial charge is 0.494 e. The van der Waals surface area contributed by atoms with Crippen LogP contribution in [0.25, 0.3) is 27.5 Å². The van der Waals surface area contributed by atoms with Crippen molar-refractivity contribution in [2.75, 3.05) is 7.11 Å². The number of aromatic nitrogens is 3. The molecule has 2 aromatic heterocycles. The van der Waals surface area contributed by atoms with Crippen molar-refractivity contribution in [1.29, 1.82) is 5.26 Å². The molecule has 0 amide bonds. The highest BCUT2D eigenvalue weighted by molar-refractivity contribution is 5.99. The Labute approximate surface area is 208 Å². The van der Waals surface area contributed by atoms with Gasteiger partial charge in [-0.05, 0) is 61.4 Å². The molecule has 0 atom stereocenters. The van der Waals surface area contributed by atoms with E-state index >= 15 is 0 Å². The fraction of sp³-hybridized carbons (Fsp3) is 0.393. The molecular weight excluding hydrogens is 459 g/mol. The molecule has 186 valence electrons. The van der Waals surface area contributed by atoms with Crippen molar-refractivity contribution in [3.63, 3.8) is 0 Å². The minimum atomic E-state index is -0.738. The molecule has 0 bridgehead atoms. The second-order valence-corrected chi connectivity index (χ2v) is 10.3. The van der Waals surface area contributed by atoms with E-state index in [4.69, 9.17) is 4.74 Å². The smallest absolute Gasteiger partial charge is 0.306 e. The summed E-state index contributed by atoms with van der Waals surface area (Å²) in [5.41, 5.74) is 4.18. The van der Waals surface area contributed by atoms with Crippen molar-refractivity contribution in [1.82, 2.24) is 14.8 Å².